The normalized spacial score (nSPS) is 12.1. The van der Waals surface area contributed by atoms with E-state index in [-0.39, 0.29) is 5.82 Å². The first-order valence-corrected chi connectivity index (χ1v) is 8.16. The average molecular weight is 335 g/mol. The van der Waals surface area contributed by atoms with E-state index in [0.29, 0.717) is 25.5 Å². The molecule has 2 rings (SSSR count). The van der Waals surface area contributed by atoms with Crippen molar-refractivity contribution in [2.24, 2.45) is 0 Å². The molecule has 132 valence electrons. The lowest BCUT2D eigenvalue weighted by molar-refractivity contribution is 0.0514. The maximum Gasteiger partial charge on any atom is 0.135 e. The molecule has 4 nitrogen and oxygen atoms in total. The van der Waals surface area contributed by atoms with Crippen molar-refractivity contribution in [2.45, 2.75) is 39.0 Å². The molecule has 0 aliphatic rings. The summed E-state index contributed by atoms with van der Waals surface area (Å²) in [6.45, 7) is 6.24. The fourth-order valence-electron chi connectivity index (χ4n) is 2.51. The number of rotatable bonds is 9. The van der Waals surface area contributed by atoms with Gasteiger partial charge in [0.05, 0.1) is 6.54 Å². The fraction of sp³-hybridized carbons (Fsp3) is 0.474. The van der Waals surface area contributed by atoms with E-state index in [4.69, 9.17) is 9.15 Å². The highest BCUT2D eigenvalue weighted by molar-refractivity contribution is 5.16. The number of ether oxygens (including phenoxy) is 1. The first kappa shape index (κ1) is 18.6. The van der Waals surface area contributed by atoms with Crippen LogP contribution in [0.4, 0.5) is 4.39 Å². The van der Waals surface area contributed by atoms with Crippen molar-refractivity contribution in [3.05, 3.63) is 59.3 Å². The highest BCUT2D eigenvalue weighted by Gasteiger charge is 2.21. The Balaban J connectivity index is 2.04. The summed E-state index contributed by atoms with van der Waals surface area (Å²) in [6.07, 6.45) is 0.900. The Hall–Kier alpha value is -1.69. The molecule has 0 radical (unpaired) electrons. The quantitative estimate of drug-likeness (QED) is 0.710. The van der Waals surface area contributed by atoms with Crippen LogP contribution in [0.15, 0.2) is 40.8 Å². The van der Waals surface area contributed by atoms with Crippen LogP contribution in [-0.4, -0.2) is 30.3 Å². The van der Waals surface area contributed by atoms with Crippen LogP contribution in [0, 0.1) is 5.82 Å². The van der Waals surface area contributed by atoms with Gasteiger partial charge in [0.2, 0.25) is 0 Å². The Morgan fingerprint density at radius 3 is 2.42 bits per heavy atom. The molecule has 0 bridgehead atoms. The number of nitrogens with zero attached hydrogens (tertiary/aromatic N) is 1. The van der Waals surface area contributed by atoms with E-state index in [1.165, 1.54) is 12.1 Å². The van der Waals surface area contributed by atoms with Gasteiger partial charge in [0.1, 0.15) is 22.9 Å². The zero-order valence-electron chi connectivity index (χ0n) is 14.6. The van der Waals surface area contributed by atoms with Gasteiger partial charge < -0.3 is 14.3 Å². The van der Waals surface area contributed by atoms with Gasteiger partial charge in [-0.1, -0.05) is 12.1 Å². The van der Waals surface area contributed by atoms with Crippen LogP contribution in [0.25, 0.3) is 0 Å². The zero-order chi connectivity index (χ0) is 17.6. The maximum absolute atomic E-state index is 13.1. The lowest BCUT2D eigenvalue weighted by Gasteiger charge is -2.21. The van der Waals surface area contributed by atoms with Gasteiger partial charge in [-0.15, -0.1) is 0 Å². The first-order chi connectivity index (χ1) is 11.4. The second-order valence-corrected chi connectivity index (χ2v) is 6.51. The lowest BCUT2D eigenvalue weighted by atomic mass is 10.1. The van der Waals surface area contributed by atoms with Crippen molar-refractivity contribution in [1.82, 2.24) is 4.90 Å². The SMILES string of the molecule is COCCCN(Cc1ccc(F)cc1)Cc1ccc(C(C)(C)O)o1. The molecule has 0 aliphatic carbocycles. The molecule has 0 saturated heterocycles. The van der Waals surface area contributed by atoms with Gasteiger partial charge in [0.15, 0.2) is 0 Å². The number of furan rings is 1. The molecular weight excluding hydrogens is 309 g/mol. The largest absolute Gasteiger partial charge is 0.462 e. The van der Waals surface area contributed by atoms with E-state index < -0.39 is 5.60 Å². The minimum Gasteiger partial charge on any atom is -0.462 e. The standard InChI is InChI=1S/C19H26FNO3/c1-19(2,22)18-10-9-17(24-18)14-21(11-4-12-23-3)13-15-5-7-16(20)8-6-15/h5-10,22H,4,11-14H2,1-3H3. The first-order valence-electron chi connectivity index (χ1n) is 8.16. The number of methoxy groups -OCH3 is 1. The van der Waals surface area contributed by atoms with E-state index >= 15 is 0 Å². The van der Waals surface area contributed by atoms with Gasteiger partial charge in [-0.2, -0.15) is 0 Å². The molecule has 0 atom stereocenters. The van der Waals surface area contributed by atoms with Gasteiger partial charge >= 0.3 is 0 Å². The van der Waals surface area contributed by atoms with Crippen LogP contribution in [-0.2, 0) is 23.4 Å². The van der Waals surface area contributed by atoms with E-state index in [1.54, 1.807) is 39.2 Å². The van der Waals surface area contributed by atoms with E-state index in [2.05, 4.69) is 4.90 Å². The Bertz CT molecular complexity index is 616. The van der Waals surface area contributed by atoms with Crippen LogP contribution >= 0.6 is 0 Å². The second-order valence-electron chi connectivity index (χ2n) is 6.51. The zero-order valence-corrected chi connectivity index (χ0v) is 14.6. The van der Waals surface area contributed by atoms with Crippen LogP contribution in [0.1, 0.15) is 37.4 Å². The van der Waals surface area contributed by atoms with Gasteiger partial charge in [-0.05, 0) is 50.1 Å². The van der Waals surface area contributed by atoms with Gasteiger partial charge in [-0.3, -0.25) is 4.90 Å². The summed E-state index contributed by atoms with van der Waals surface area (Å²) >= 11 is 0. The molecule has 0 aliphatic heterocycles. The Morgan fingerprint density at radius 1 is 1.12 bits per heavy atom. The number of aliphatic hydroxyl groups is 1. The summed E-state index contributed by atoms with van der Waals surface area (Å²) < 4.78 is 23.9. The third-order valence-electron chi connectivity index (χ3n) is 3.79. The van der Waals surface area contributed by atoms with Gasteiger partial charge in [-0.25, -0.2) is 4.39 Å². The molecule has 0 saturated carbocycles. The highest BCUT2D eigenvalue weighted by atomic mass is 19.1. The smallest absolute Gasteiger partial charge is 0.135 e. The van der Waals surface area contributed by atoms with E-state index in [1.807, 2.05) is 6.07 Å². The number of halogens is 1. The van der Waals surface area contributed by atoms with Crippen molar-refractivity contribution < 1.29 is 18.7 Å². The Morgan fingerprint density at radius 2 is 1.83 bits per heavy atom. The molecule has 1 aromatic heterocycles. The Labute approximate surface area is 142 Å². The van der Waals surface area contributed by atoms with Crippen LogP contribution in [0.3, 0.4) is 0 Å². The molecule has 0 unspecified atom stereocenters. The van der Waals surface area contributed by atoms with Crippen LogP contribution < -0.4 is 0 Å². The maximum atomic E-state index is 13.1. The van der Waals surface area contributed by atoms with E-state index in [0.717, 1.165) is 24.3 Å². The molecule has 0 fully saturated rings. The van der Waals surface area contributed by atoms with Gasteiger partial charge in [0, 0.05) is 26.8 Å². The predicted octanol–water partition coefficient (Wildman–Crippen LogP) is 3.68. The summed E-state index contributed by atoms with van der Waals surface area (Å²) in [4.78, 5) is 2.22. The molecule has 24 heavy (non-hydrogen) atoms. The average Bonchev–Trinajstić information content (AvgIpc) is 2.98. The third kappa shape index (κ3) is 5.74. The van der Waals surface area contributed by atoms with Crippen LogP contribution in [0.5, 0.6) is 0 Å². The molecule has 1 aromatic carbocycles. The lowest BCUT2D eigenvalue weighted by Crippen LogP contribution is -2.24. The second kappa shape index (κ2) is 8.42. The molecular formula is C19H26FNO3. The summed E-state index contributed by atoms with van der Waals surface area (Å²) in [5, 5.41) is 10.0. The molecule has 0 amide bonds. The summed E-state index contributed by atoms with van der Waals surface area (Å²) in [7, 11) is 1.69. The van der Waals surface area contributed by atoms with Crippen LogP contribution in [0.2, 0.25) is 0 Å². The van der Waals surface area contributed by atoms with Crippen molar-refractivity contribution in [1.29, 1.82) is 0 Å². The summed E-state index contributed by atoms with van der Waals surface area (Å²) in [5.41, 5.74) is 0.0545. The number of hydrogen-bond acceptors (Lipinski definition) is 4. The summed E-state index contributed by atoms with van der Waals surface area (Å²) in [6, 6.07) is 10.2. The molecule has 1 heterocycles. The minimum absolute atomic E-state index is 0.231. The molecule has 5 heteroatoms. The number of benzene rings is 1. The number of hydrogen-bond donors (Lipinski definition) is 1. The van der Waals surface area contributed by atoms with Crippen molar-refractivity contribution >= 4 is 0 Å². The van der Waals surface area contributed by atoms with Crippen molar-refractivity contribution in [2.75, 3.05) is 20.3 Å². The highest BCUT2D eigenvalue weighted by Crippen LogP contribution is 2.23. The Kier molecular flexibility index (Phi) is 6.54. The molecule has 2 aromatic rings. The van der Waals surface area contributed by atoms with Gasteiger partial charge in [0.25, 0.3) is 0 Å². The molecule has 0 spiro atoms. The predicted molar refractivity (Wildman–Crippen MR) is 91.0 cm³/mol. The van der Waals surface area contributed by atoms with Crippen molar-refractivity contribution in [3.63, 3.8) is 0 Å². The topological polar surface area (TPSA) is 45.8 Å². The van der Waals surface area contributed by atoms with Crippen molar-refractivity contribution in [3.8, 4) is 0 Å². The monoisotopic (exact) mass is 335 g/mol. The fourth-order valence-corrected chi connectivity index (χ4v) is 2.51. The third-order valence-corrected chi connectivity index (χ3v) is 3.79. The van der Waals surface area contributed by atoms with E-state index in [9.17, 15) is 9.50 Å². The summed E-state index contributed by atoms with van der Waals surface area (Å²) in [5.74, 6) is 1.12. The minimum atomic E-state index is -0.990. The molecule has 1 N–H and O–H groups in total.